The quantitative estimate of drug-likeness (QED) is 0.700. The highest BCUT2D eigenvalue weighted by molar-refractivity contribution is 5.75. The van der Waals surface area contributed by atoms with Crippen LogP contribution >= 0.6 is 0 Å². The standard InChI is InChI=1S/C12H21NO5/c1-11(2,3)18-10(17)13-6-8(14)5-12(4,7-13)9(15)16/h8,14H,5-7H2,1-4H3,(H,15,16)/p-1. The van der Waals surface area contributed by atoms with E-state index in [0.717, 1.165) is 0 Å². The highest BCUT2D eigenvalue weighted by atomic mass is 16.6. The Labute approximate surface area is 107 Å². The van der Waals surface area contributed by atoms with E-state index >= 15 is 0 Å². The maximum absolute atomic E-state index is 11.8. The molecule has 1 rings (SSSR count). The lowest BCUT2D eigenvalue weighted by molar-refractivity contribution is -0.321. The zero-order valence-corrected chi connectivity index (χ0v) is 11.2. The minimum Gasteiger partial charge on any atom is -0.549 e. The van der Waals surface area contributed by atoms with Crippen LogP contribution in [0.5, 0.6) is 0 Å². The van der Waals surface area contributed by atoms with Gasteiger partial charge in [-0.2, -0.15) is 0 Å². The van der Waals surface area contributed by atoms with Crippen molar-refractivity contribution in [3.05, 3.63) is 0 Å². The first-order chi connectivity index (χ1) is 8.03. The number of aliphatic hydroxyl groups is 1. The molecule has 0 aromatic heterocycles. The summed E-state index contributed by atoms with van der Waals surface area (Å²) in [4.78, 5) is 24.1. The average Bonchev–Trinajstić information content (AvgIpc) is 2.13. The number of β-amino-alcohol motifs (C(OH)–C–C–N with tert-alkyl or cyclic N) is 1. The fraction of sp³-hybridized carbons (Fsp3) is 0.833. The smallest absolute Gasteiger partial charge is 0.410 e. The monoisotopic (exact) mass is 258 g/mol. The molecule has 1 saturated heterocycles. The second kappa shape index (κ2) is 4.76. The Bertz CT molecular complexity index is 349. The van der Waals surface area contributed by atoms with Gasteiger partial charge in [0.2, 0.25) is 0 Å². The third-order valence-corrected chi connectivity index (χ3v) is 2.80. The van der Waals surface area contributed by atoms with E-state index in [0.29, 0.717) is 0 Å². The van der Waals surface area contributed by atoms with Crippen LogP contribution in [0.4, 0.5) is 4.79 Å². The molecule has 0 aromatic rings. The van der Waals surface area contributed by atoms with Crippen molar-refractivity contribution < 1.29 is 24.5 Å². The molecule has 6 heteroatoms. The summed E-state index contributed by atoms with van der Waals surface area (Å²) in [5.74, 6) is -1.27. The molecular formula is C12H20NO5-. The summed E-state index contributed by atoms with van der Waals surface area (Å²) in [6.45, 7) is 6.71. The molecule has 0 bridgehead atoms. The number of piperidine rings is 1. The molecule has 0 aromatic carbocycles. The molecule has 2 unspecified atom stereocenters. The number of aliphatic hydroxyl groups excluding tert-OH is 1. The molecule has 6 nitrogen and oxygen atoms in total. The first-order valence-corrected chi connectivity index (χ1v) is 5.91. The number of nitrogens with zero attached hydrogens (tertiary/aromatic N) is 1. The van der Waals surface area contributed by atoms with E-state index < -0.39 is 29.2 Å². The van der Waals surface area contributed by atoms with Crippen molar-refractivity contribution in [3.8, 4) is 0 Å². The van der Waals surface area contributed by atoms with Gasteiger partial charge in [-0.1, -0.05) is 6.92 Å². The SMILES string of the molecule is CC(C)(C)OC(=O)N1CC(O)CC(C)(C(=O)[O-])C1. The summed E-state index contributed by atoms with van der Waals surface area (Å²) in [5.41, 5.74) is -1.90. The summed E-state index contributed by atoms with van der Waals surface area (Å²) in [5, 5.41) is 20.7. The van der Waals surface area contributed by atoms with Crippen LogP contribution < -0.4 is 5.11 Å². The first-order valence-electron chi connectivity index (χ1n) is 5.91. The van der Waals surface area contributed by atoms with E-state index in [-0.39, 0.29) is 19.5 Å². The molecule has 0 saturated carbocycles. The molecule has 18 heavy (non-hydrogen) atoms. The van der Waals surface area contributed by atoms with Crippen molar-refractivity contribution in [2.24, 2.45) is 5.41 Å². The maximum Gasteiger partial charge on any atom is 0.410 e. The Morgan fingerprint density at radius 2 is 2.00 bits per heavy atom. The average molecular weight is 258 g/mol. The molecule has 1 aliphatic rings. The molecule has 1 heterocycles. The number of carboxylic acids is 1. The second-order valence-corrected chi connectivity index (χ2v) is 6.07. The Morgan fingerprint density at radius 1 is 1.44 bits per heavy atom. The van der Waals surface area contributed by atoms with Gasteiger partial charge in [-0.15, -0.1) is 0 Å². The topological polar surface area (TPSA) is 89.9 Å². The second-order valence-electron chi connectivity index (χ2n) is 6.07. The predicted molar refractivity (Wildman–Crippen MR) is 61.5 cm³/mol. The first kappa shape index (κ1) is 14.8. The number of amides is 1. The Hall–Kier alpha value is -1.30. The van der Waals surface area contributed by atoms with Gasteiger partial charge in [-0.3, -0.25) is 0 Å². The normalized spacial score (nSPS) is 28.9. The van der Waals surface area contributed by atoms with Gasteiger partial charge in [0.15, 0.2) is 0 Å². The molecule has 0 aliphatic carbocycles. The Kier molecular flexibility index (Phi) is 3.90. The molecule has 104 valence electrons. The number of carboxylic acid groups (broad SMARTS) is 1. The van der Waals surface area contributed by atoms with Crippen LogP contribution in [-0.2, 0) is 9.53 Å². The summed E-state index contributed by atoms with van der Waals surface area (Å²) in [6.07, 6.45) is -1.42. The number of aliphatic carboxylic acids is 1. The van der Waals surface area contributed by atoms with Gasteiger partial charge in [-0.05, 0) is 27.2 Å². The van der Waals surface area contributed by atoms with Crippen LogP contribution in [0.2, 0.25) is 0 Å². The fourth-order valence-electron chi connectivity index (χ4n) is 2.00. The zero-order chi connectivity index (χ0) is 14.1. The fourth-order valence-corrected chi connectivity index (χ4v) is 2.00. The minimum absolute atomic E-state index is 0.0126. The van der Waals surface area contributed by atoms with Gasteiger partial charge in [0, 0.05) is 24.5 Å². The van der Waals surface area contributed by atoms with E-state index in [9.17, 15) is 19.8 Å². The number of hydrogen-bond acceptors (Lipinski definition) is 5. The van der Waals surface area contributed by atoms with Crippen LogP contribution in [0, 0.1) is 5.41 Å². The third-order valence-electron chi connectivity index (χ3n) is 2.80. The van der Waals surface area contributed by atoms with Gasteiger partial charge >= 0.3 is 6.09 Å². The van der Waals surface area contributed by atoms with E-state index in [1.165, 1.54) is 11.8 Å². The molecule has 2 atom stereocenters. The molecule has 1 fully saturated rings. The number of hydrogen-bond donors (Lipinski definition) is 1. The van der Waals surface area contributed by atoms with Crippen LogP contribution in [0.15, 0.2) is 0 Å². The number of rotatable bonds is 1. The Morgan fingerprint density at radius 3 is 2.44 bits per heavy atom. The molecule has 1 N–H and O–H groups in total. The summed E-state index contributed by atoms with van der Waals surface area (Å²) in [7, 11) is 0. The lowest BCUT2D eigenvalue weighted by Gasteiger charge is -2.43. The Balaban J connectivity index is 2.78. The molecule has 0 spiro atoms. The van der Waals surface area contributed by atoms with Crippen molar-refractivity contribution >= 4 is 12.1 Å². The van der Waals surface area contributed by atoms with E-state index in [4.69, 9.17) is 4.74 Å². The number of carbonyl (C=O) groups excluding carboxylic acids is 2. The minimum atomic E-state index is -1.27. The molecule has 1 amide bonds. The van der Waals surface area contributed by atoms with Gasteiger partial charge in [-0.25, -0.2) is 4.79 Å². The third kappa shape index (κ3) is 3.60. The lowest BCUT2D eigenvalue weighted by atomic mass is 9.81. The van der Waals surface area contributed by atoms with Crippen LogP contribution in [0.25, 0.3) is 0 Å². The maximum atomic E-state index is 11.8. The van der Waals surface area contributed by atoms with E-state index in [2.05, 4.69) is 0 Å². The van der Waals surface area contributed by atoms with Crippen molar-refractivity contribution in [2.45, 2.75) is 45.8 Å². The van der Waals surface area contributed by atoms with Gasteiger partial charge < -0.3 is 24.6 Å². The highest BCUT2D eigenvalue weighted by Crippen LogP contribution is 2.30. The number of ether oxygens (including phenoxy) is 1. The zero-order valence-electron chi connectivity index (χ0n) is 11.2. The molecular weight excluding hydrogens is 238 g/mol. The van der Waals surface area contributed by atoms with Crippen molar-refractivity contribution in [3.63, 3.8) is 0 Å². The number of carbonyl (C=O) groups is 2. The van der Waals surface area contributed by atoms with Crippen molar-refractivity contribution in [1.29, 1.82) is 0 Å². The van der Waals surface area contributed by atoms with Gasteiger partial charge in [0.1, 0.15) is 5.60 Å². The predicted octanol–water partition coefficient (Wildman–Crippen LogP) is -0.256. The van der Waals surface area contributed by atoms with Crippen LogP contribution in [0.1, 0.15) is 34.1 Å². The lowest BCUT2D eigenvalue weighted by Crippen LogP contribution is -2.57. The highest BCUT2D eigenvalue weighted by Gasteiger charge is 2.39. The van der Waals surface area contributed by atoms with E-state index in [1.807, 2.05) is 0 Å². The molecule has 0 radical (unpaired) electrons. The van der Waals surface area contributed by atoms with Crippen LogP contribution in [0.3, 0.4) is 0 Å². The number of likely N-dealkylation sites (tertiary alicyclic amines) is 1. The molecule has 1 aliphatic heterocycles. The van der Waals surface area contributed by atoms with E-state index in [1.54, 1.807) is 20.8 Å². The largest absolute Gasteiger partial charge is 0.549 e. The summed E-state index contributed by atoms with van der Waals surface area (Å²) >= 11 is 0. The van der Waals surface area contributed by atoms with Crippen LogP contribution in [-0.4, -0.2) is 46.9 Å². The summed E-state index contributed by atoms with van der Waals surface area (Å²) in [6, 6.07) is 0. The van der Waals surface area contributed by atoms with Gasteiger partial charge in [0.25, 0.3) is 0 Å². The summed E-state index contributed by atoms with van der Waals surface area (Å²) < 4.78 is 5.16. The van der Waals surface area contributed by atoms with Crippen molar-refractivity contribution in [1.82, 2.24) is 4.90 Å². The van der Waals surface area contributed by atoms with Crippen molar-refractivity contribution in [2.75, 3.05) is 13.1 Å². The van der Waals surface area contributed by atoms with Gasteiger partial charge in [0.05, 0.1) is 6.10 Å².